The Kier molecular flexibility index (Phi) is 11.8. The molecule has 1 fully saturated rings. The first kappa shape index (κ1) is 26.7. The molecular formula is C23H38N6O4. The Morgan fingerprint density at radius 2 is 2.06 bits per heavy atom. The van der Waals surface area contributed by atoms with Crippen LogP contribution in [0.15, 0.2) is 36.0 Å². The summed E-state index contributed by atoms with van der Waals surface area (Å²) >= 11 is 0. The van der Waals surface area contributed by atoms with Crippen molar-refractivity contribution in [3.63, 3.8) is 0 Å². The van der Waals surface area contributed by atoms with Gasteiger partial charge in [0.05, 0.1) is 19.8 Å². The molecule has 10 nitrogen and oxygen atoms in total. The standard InChI is InChI=1S/C23H38N6O4/c1-17-5-3-9-26-20(30)15-28-21(31)16-29(2)33-22(14-18-7-8-18)27-10-12-32-11-4-6-19(13-17)23(24)25/h4,6,13,18,22,27H,1,3,5,7-12,14-16H2,2H3,(H3,24,25)(H,26,30)(H,28,31)/b6-4-,19-13+. The highest BCUT2D eigenvalue weighted by Crippen LogP contribution is 2.33. The van der Waals surface area contributed by atoms with Gasteiger partial charge in [-0.25, -0.2) is 0 Å². The highest BCUT2D eigenvalue weighted by Gasteiger charge is 2.27. The molecule has 2 aliphatic rings. The van der Waals surface area contributed by atoms with Gasteiger partial charge in [0.1, 0.15) is 18.6 Å². The quantitative estimate of drug-likeness (QED) is 0.305. The highest BCUT2D eigenvalue weighted by atomic mass is 16.7. The molecule has 33 heavy (non-hydrogen) atoms. The molecule has 2 rings (SSSR count). The summed E-state index contributed by atoms with van der Waals surface area (Å²) < 4.78 is 5.64. The molecule has 2 amide bonds. The lowest BCUT2D eigenvalue weighted by molar-refractivity contribution is -0.195. The zero-order chi connectivity index (χ0) is 24.1. The molecule has 10 heteroatoms. The SMILES string of the molecule is C=C1/C=C(C(=N)N)\C=C/COCCNC(CC2CC2)ON(C)CC(=O)NCC(=O)NCCC1. The molecule has 0 aromatic heterocycles. The van der Waals surface area contributed by atoms with Gasteiger partial charge in [0.25, 0.3) is 0 Å². The maximum absolute atomic E-state index is 12.2. The molecule has 1 atom stereocenters. The summed E-state index contributed by atoms with van der Waals surface area (Å²) in [5, 5.41) is 18.0. The second kappa shape index (κ2) is 14.6. The fourth-order valence-corrected chi connectivity index (χ4v) is 3.24. The Balaban J connectivity index is 1.96. The Labute approximate surface area is 196 Å². The van der Waals surface area contributed by atoms with Gasteiger partial charge in [-0.05, 0) is 31.3 Å². The smallest absolute Gasteiger partial charge is 0.239 e. The largest absolute Gasteiger partial charge is 0.384 e. The molecule has 1 saturated carbocycles. The number of carbonyl (C=O) groups is 2. The summed E-state index contributed by atoms with van der Waals surface area (Å²) in [6.45, 7) is 5.87. The van der Waals surface area contributed by atoms with Gasteiger partial charge in [-0.3, -0.25) is 25.2 Å². The number of rotatable bonds is 3. The molecular weight excluding hydrogens is 424 g/mol. The molecule has 1 aliphatic carbocycles. The van der Waals surface area contributed by atoms with Crippen LogP contribution in [0.25, 0.3) is 0 Å². The van der Waals surface area contributed by atoms with E-state index in [1.807, 2.05) is 6.08 Å². The van der Waals surface area contributed by atoms with Crippen molar-refractivity contribution in [2.24, 2.45) is 11.7 Å². The van der Waals surface area contributed by atoms with Gasteiger partial charge < -0.3 is 21.1 Å². The van der Waals surface area contributed by atoms with Gasteiger partial charge in [0, 0.05) is 25.7 Å². The van der Waals surface area contributed by atoms with Crippen molar-refractivity contribution in [3.05, 3.63) is 36.0 Å². The molecule has 184 valence electrons. The minimum atomic E-state index is -0.287. The minimum absolute atomic E-state index is 0.0298. The zero-order valence-electron chi connectivity index (χ0n) is 19.5. The number of amidine groups is 1. The number of nitrogens with two attached hydrogens (primary N) is 1. The van der Waals surface area contributed by atoms with E-state index in [1.54, 1.807) is 19.2 Å². The van der Waals surface area contributed by atoms with Crippen molar-refractivity contribution in [3.8, 4) is 0 Å². The average molecular weight is 463 g/mol. The third-order valence-corrected chi connectivity index (χ3v) is 5.16. The average Bonchev–Trinajstić information content (AvgIpc) is 3.56. The number of ether oxygens (including phenoxy) is 1. The lowest BCUT2D eigenvalue weighted by Gasteiger charge is -2.25. The summed E-state index contributed by atoms with van der Waals surface area (Å²) in [6.07, 6.45) is 9.70. The van der Waals surface area contributed by atoms with Crippen molar-refractivity contribution < 1.29 is 19.2 Å². The number of nitrogens with zero attached hydrogens (tertiary/aromatic N) is 1. The molecule has 0 saturated heterocycles. The number of likely N-dealkylation sites (N-methyl/N-ethyl adjacent to an activating group) is 1. The summed E-state index contributed by atoms with van der Waals surface area (Å²) in [7, 11) is 1.70. The van der Waals surface area contributed by atoms with Gasteiger partial charge in [-0.15, -0.1) is 0 Å². The van der Waals surface area contributed by atoms with Gasteiger partial charge in [-0.1, -0.05) is 37.1 Å². The molecule has 0 spiro atoms. The Hall–Kier alpha value is -2.53. The first-order valence-corrected chi connectivity index (χ1v) is 11.5. The van der Waals surface area contributed by atoms with E-state index < -0.39 is 0 Å². The van der Waals surface area contributed by atoms with Crippen LogP contribution in [0, 0.1) is 11.3 Å². The number of hydroxylamine groups is 2. The number of allylic oxidation sites excluding steroid dienone is 2. The third kappa shape index (κ3) is 12.3. The van der Waals surface area contributed by atoms with Crippen molar-refractivity contribution in [1.82, 2.24) is 21.0 Å². The topological polar surface area (TPSA) is 142 Å². The second-order valence-electron chi connectivity index (χ2n) is 8.39. The van der Waals surface area contributed by atoms with Crippen LogP contribution >= 0.6 is 0 Å². The van der Waals surface area contributed by atoms with Crippen LogP contribution in [0.3, 0.4) is 0 Å². The van der Waals surface area contributed by atoms with E-state index in [1.165, 1.54) is 17.9 Å². The lowest BCUT2D eigenvalue weighted by Crippen LogP contribution is -2.44. The predicted molar refractivity (Wildman–Crippen MR) is 127 cm³/mol. The lowest BCUT2D eigenvalue weighted by atomic mass is 10.1. The number of hydrogen-bond acceptors (Lipinski definition) is 7. The first-order chi connectivity index (χ1) is 15.8. The summed E-state index contributed by atoms with van der Waals surface area (Å²) in [5.41, 5.74) is 7.05. The molecule has 1 heterocycles. The molecule has 0 aromatic carbocycles. The van der Waals surface area contributed by atoms with Crippen molar-refractivity contribution in [2.75, 3.05) is 46.4 Å². The summed E-state index contributed by atoms with van der Waals surface area (Å²) in [6, 6.07) is 0. The van der Waals surface area contributed by atoms with Gasteiger partial charge >= 0.3 is 0 Å². The molecule has 1 aliphatic heterocycles. The van der Waals surface area contributed by atoms with E-state index in [-0.39, 0.29) is 37.0 Å². The predicted octanol–water partition coefficient (Wildman–Crippen LogP) is 0.583. The fraction of sp³-hybridized carbons (Fsp3) is 0.609. The van der Waals surface area contributed by atoms with Crippen LogP contribution < -0.4 is 21.7 Å². The van der Waals surface area contributed by atoms with Gasteiger partial charge in [0.15, 0.2) is 0 Å². The second-order valence-corrected chi connectivity index (χ2v) is 8.39. The van der Waals surface area contributed by atoms with Crippen molar-refractivity contribution >= 4 is 17.6 Å². The molecule has 0 aromatic rings. The number of carbonyl (C=O) groups excluding carboxylic acids is 2. The van der Waals surface area contributed by atoms with E-state index in [4.69, 9.17) is 20.7 Å². The maximum atomic E-state index is 12.2. The van der Waals surface area contributed by atoms with Crippen LogP contribution in [0.1, 0.15) is 32.1 Å². The van der Waals surface area contributed by atoms with Crippen LogP contribution in [-0.2, 0) is 19.2 Å². The monoisotopic (exact) mass is 462 g/mol. The van der Waals surface area contributed by atoms with E-state index in [0.717, 1.165) is 12.0 Å². The van der Waals surface area contributed by atoms with Crippen LogP contribution in [0.5, 0.6) is 0 Å². The number of nitrogens with one attached hydrogen (secondary N) is 4. The number of amides is 2. The van der Waals surface area contributed by atoms with Gasteiger partial charge in [0.2, 0.25) is 11.8 Å². The molecule has 1 unspecified atom stereocenters. The van der Waals surface area contributed by atoms with Crippen LogP contribution in [0.2, 0.25) is 0 Å². The van der Waals surface area contributed by atoms with Crippen LogP contribution in [-0.4, -0.2) is 75.4 Å². The van der Waals surface area contributed by atoms with Crippen molar-refractivity contribution in [1.29, 1.82) is 5.41 Å². The molecule has 0 bridgehead atoms. The van der Waals surface area contributed by atoms with E-state index in [2.05, 4.69) is 22.5 Å². The van der Waals surface area contributed by atoms with Gasteiger partial charge in [-0.2, -0.15) is 5.06 Å². The maximum Gasteiger partial charge on any atom is 0.239 e. The Morgan fingerprint density at radius 1 is 1.27 bits per heavy atom. The molecule has 0 radical (unpaired) electrons. The summed E-state index contributed by atoms with van der Waals surface area (Å²) in [4.78, 5) is 30.0. The van der Waals surface area contributed by atoms with Crippen molar-refractivity contribution in [2.45, 2.75) is 38.3 Å². The summed E-state index contributed by atoms with van der Waals surface area (Å²) in [5.74, 6) is 0.0559. The zero-order valence-corrected chi connectivity index (χ0v) is 19.5. The van der Waals surface area contributed by atoms with E-state index in [9.17, 15) is 9.59 Å². The van der Waals surface area contributed by atoms with Crippen LogP contribution in [0.4, 0.5) is 0 Å². The first-order valence-electron chi connectivity index (χ1n) is 11.5. The Morgan fingerprint density at radius 3 is 2.79 bits per heavy atom. The normalized spacial score (nSPS) is 26.6. The minimum Gasteiger partial charge on any atom is -0.384 e. The van der Waals surface area contributed by atoms with E-state index >= 15 is 0 Å². The number of hydrogen-bond donors (Lipinski definition) is 5. The molecule has 6 N–H and O–H groups in total. The Bertz CT molecular complexity index is 747. The van der Waals surface area contributed by atoms with E-state index in [0.29, 0.717) is 50.6 Å². The highest BCUT2D eigenvalue weighted by molar-refractivity contribution is 5.97. The fourth-order valence-electron chi connectivity index (χ4n) is 3.24. The third-order valence-electron chi connectivity index (χ3n) is 5.16.